The number of rotatable bonds is 6. The zero-order valence-electron chi connectivity index (χ0n) is 30.0. The molecule has 3 heterocycles. The fraction of sp³-hybridized carbons (Fsp3) is 0.190. The van der Waals surface area contributed by atoms with Crippen molar-refractivity contribution in [2.75, 3.05) is 0 Å². The van der Waals surface area contributed by atoms with Gasteiger partial charge in [-0.05, 0) is 55.9 Å². The minimum Gasteiger partial charge on any atom is -0.305 e. The van der Waals surface area contributed by atoms with E-state index in [1.54, 1.807) is 23.6 Å². The summed E-state index contributed by atoms with van der Waals surface area (Å²) in [6.45, 7) is 15.7. The van der Waals surface area contributed by atoms with Crippen LogP contribution in [0.1, 0.15) is 19.4 Å². The van der Waals surface area contributed by atoms with E-state index in [0.717, 1.165) is 53.8 Å². The standard InChI is InChI=1S/C28H25FNSSi.C14H16NSi.Ir/c1-18(32(2,3)4)20-13-14-30-26(15-20)22-12-8-11-21-24-16-23(19-9-6-5-7-10-19)25(29)17-27(24)31-28(21)22;1-16(2,3)13-9-10-14(15-11-13)12-7-5-4-6-8-12;/h5-11,13-18H,1-4H3;4-7,9-11H,1-3H3;/q2*-1;/i18D;;. The van der Waals surface area contributed by atoms with Gasteiger partial charge < -0.3 is 9.97 Å². The van der Waals surface area contributed by atoms with Gasteiger partial charge in [0.15, 0.2) is 0 Å². The molecule has 0 amide bonds. The largest absolute Gasteiger partial charge is 0.305 e. The summed E-state index contributed by atoms with van der Waals surface area (Å²) in [6, 6.07) is 40.0. The third kappa shape index (κ3) is 8.25. The molecule has 0 aliphatic heterocycles. The second-order valence-electron chi connectivity index (χ2n) is 14.2. The maximum Gasteiger partial charge on any atom is 0.132 e. The molecule has 0 N–H and O–H groups in total. The Morgan fingerprint density at radius 1 is 0.776 bits per heavy atom. The van der Waals surface area contributed by atoms with E-state index in [1.165, 1.54) is 5.19 Å². The molecule has 251 valence electrons. The van der Waals surface area contributed by atoms with Gasteiger partial charge in [-0.3, -0.25) is 0 Å². The number of aromatic nitrogens is 2. The topological polar surface area (TPSA) is 25.8 Å². The summed E-state index contributed by atoms with van der Waals surface area (Å²) in [4.78, 5) is 9.16. The van der Waals surface area contributed by atoms with E-state index in [1.807, 2.05) is 98.0 Å². The van der Waals surface area contributed by atoms with Crippen molar-refractivity contribution in [3.8, 4) is 33.6 Å². The van der Waals surface area contributed by atoms with E-state index >= 15 is 4.39 Å². The number of hydrogen-bond donors (Lipinski definition) is 0. The Morgan fingerprint density at radius 2 is 1.53 bits per heavy atom. The summed E-state index contributed by atoms with van der Waals surface area (Å²) < 4.78 is 26.0. The molecule has 0 fully saturated rings. The van der Waals surface area contributed by atoms with Crippen molar-refractivity contribution in [3.63, 3.8) is 0 Å². The number of fused-ring (bicyclic) bond motifs is 3. The van der Waals surface area contributed by atoms with Gasteiger partial charge >= 0.3 is 0 Å². The average Bonchev–Trinajstić information content (AvgIpc) is 3.45. The number of pyridine rings is 2. The molecule has 3 aromatic heterocycles. The van der Waals surface area contributed by atoms with Crippen molar-refractivity contribution in [1.29, 1.82) is 0 Å². The first-order chi connectivity index (χ1) is 23.2. The minimum atomic E-state index is -1.78. The molecule has 0 saturated heterocycles. The molecule has 7 aromatic rings. The Labute approximate surface area is 311 Å². The molecule has 0 saturated carbocycles. The summed E-state index contributed by atoms with van der Waals surface area (Å²) in [5, 5.41) is 3.51. The molecule has 0 spiro atoms. The van der Waals surface area contributed by atoms with Crippen molar-refractivity contribution < 1.29 is 25.9 Å². The van der Waals surface area contributed by atoms with Crippen LogP contribution in [-0.2, 0) is 20.1 Å². The quantitative estimate of drug-likeness (QED) is 0.123. The molecule has 7 rings (SSSR count). The predicted molar refractivity (Wildman–Crippen MR) is 210 cm³/mol. The zero-order valence-corrected chi connectivity index (χ0v) is 34.2. The van der Waals surface area contributed by atoms with Gasteiger partial charge in [0.25, 0.3) is 0 Å². The first-order valence-corrected chi connectivity index (χ1v) is 24.1. The summed E-state index contributed by atoms with van der Waals surface area (Å²) in [5.41, 5.74) is 5.61. The Bertz CT molecular complexity index is 2230. The molecule has 1 radical (unpaired) electrons. The molecule has 4 aromatic carbocycles. The molecule has 1 unspecified atom stereocenters. The van der Waals surface area contributed by atoms with E-state index in [4.69, 9.17) is 1.37 Å². The van der Waals surface area contributed by atoms with E-state index < -0.39 is 21.7 Å². The average molecular weight is 874 g/mol. The van der Waals surface area contributed by atoms with Gasteiger partial charge in [0.2, 0.25) is 0 Å². The zero-order chi connectivity index (χ0) is 35.0. The van der Waals surface area contributed by atoms with Crippen LogP contribution in [0.3, 0.4) is 0 Å². The van der Waals surface area contributed by atoms with Crippen molar-refractivity contribution in [1.82, 2.24) is 9.97 Å². The van der Waals surface area contributed by atoms with Crippen LogP contribution in [0.2, 0.25) is 39.3 Å². The van der Waals surface area contributed by atoms with Crippen LogP contribution in [0.25, 0.3) is 53.8 Å². The number of halogens is 1. The van der Waals surface area contributed by atoms with Gasteiger partial charge in [-0.1, -0.05) is 106 Å². The van der Waals surface area contributed by atoms with Crippen molar-refractivity contribution in [2.24, 2.45) is 0 Å². The third-order valence-electron chi connectivity index (χ3n) is 8.79. The number of nitrogens with zero attached hydrogens (tertiary/aromatic N) is 2. The van der Waals surface area contributed by atoms with Crippen LogP contribution >= 0.6 is 11.3 Å². The Hall–Kier alpha value is -3.59. The van der Waals surface area contributed by atoms with Crippen LogP contribution in [0, 0.1) is 17.9 Å². The van der Waals surface area contributed by atoms with E-state index in [0.29, 0.717) is 5.56 Å². The smallest absolute Gasteiger partial charge is 0.132 e. The first kappa shape index (κ1) is 35.2. The van der Waals surface area contributed by atoms with Gasteiger partial charge in [0.1, 0.15) is 5.82 Å². The molecule has 0 aliphatic rings. The van der Waals surface area contributed by atoms with Crippen LogP contribution < -0.4 is 5.19 Å². The fourth-order valence-corrected chi connectivity index (χ4v) is 8.85. The SMILES string of the molecule is C[Si](C)(C)c1ccc(-c2[c-]cccc2)nc1.[2H]C(C)(c1ccnc(-c2[c-]ccc3c2sc2cc(F)c(-c4ccccc4)cc23)c1)[Si](C)(C)C.[Ir]. The van der Waals surface area contributed by atoms with E-state index in [2.05, 4.69) is 73.5 Å². The Kier molecular flexibility index (Phi) is 10.9. The summed E-state index contributed by atoms with van der Waals surface area (Å²) in [6.07, 6.45) is 3.81. The number of benzene rings is 4. The summed E-state index contributed by atoms with van der Waals surface area (Å²) >= 11 is 1.57. The van der Waals surface area contributed by atoms with E-state index in [-0.39, 0.29) is 25.9 Å². The monoisotopic (exact) mass is 874 g/mol. The third-order valence-corrected chi connectivity index (χ3v) is 14.5. The second kappa shape index (κ2) is 15.1. The number of hydrogen-bond acceptors (Lipinski definition) is 3. The van der Waals surface area contributed by atoms with Crippen molar-refractivity contribution in [3.05, 3.63) is 139 Å². The minimum absolute atomic E-state index is 0. The van der Waals surface area contributed by atoms with Crippen LogP contribution in [-0.4, -0.2) is 26.1 Å². The molecule has 0 aliphatic carbocycles. The normalized spacial score (nSPS) is 13.2. The molecule has 49 heavy (non-hydrogen) atoms. The van der Waals surface area contributed by atoms with Gasteiger partial charge in [-0.15, -0.1) is 59.7 Å². The molecular weight excluding hydrogens is 832 g/mol. The summed E-state index contributed by atoms with van der Waals surface area (Å²) in [7, 11) is -3.01. The fourth-order valence-electron chi connectivity index (χ4n) is 5.57. The van der Waals surface area contributed by atoms with Crippen LogP contribution in [0.15, 0.2) is 116 Å². The molecule has 2 nitrogen and oxygen atoms in total. The van der Waals surface area contributed by atoms with Crippen molar-refractivity contribution in [2.45, 2.75) is 51.7 Å². The molecule has 0 bridgehead atoms. The maximum atomic E-state index is 15.0. The van der Waals surface area contributed by atoms with Gasteiger partial charge in [0, 0.05) is 44.1 Å². The van der Waals surface area contributed by atoms with Gasteiger partial charge in [0.05, 0.1) is 16.1 Å². The van der Waals surface area contributed by atoms with E-state index in [9.17, 15) is 0 Å². The predicted octanol–water partition coefficient (Wildman–Crippen LogP) is 11.8. The van der Waals surface area contributed by atoms with Crippen LogP contribution in [0.5, 0.6) is 0 Å². The Balaban J connectivity index is 0.000000241. The summed E-state index contributed by atoms with van der Waals surface area (Å²) in [5.74, 6) is -0.217. The Morgan fingerprint density at radius 3 is 2.18 bits per heavy atom. The molecule has 7 heteroatoms. The first-order valence-electron chi connectivity index (χ1n) is 16.8. The number of thiophene rings is 1. The van der Waals surface area contributed by atoms with Crippen LogP contribution in [0.4, 0.5) is 4.39 Å². The second-order valence-corrected chi connectivity index (χ2v) is 25.5. The van der Waals surface area contributed by atoms with Gasteiger partial charge in [-0.2, -0.15) is 11.3 Å². The molecule has 1 atom stereocenters. The van der Waals surface area contributed by atoms with Gasteiger partial charge in [-0.25, -0.2) is 4.39 Å². The van der Waals surface area contributed by atoms with Crippen molar-refractivity contribution >= 4 is 52.8 Å². The molecular formula is C42H41FIrN2SSi2-2. The maximum absolute atomic E-state index is 15.0.